The van der Waals surface area contributed by atoms with E-state index >= 15 is 0 Å². The largest absolute Gasteiger partial charge is 0.487 e. The van der Waals surface area contributed by atoms with Crippen LogP contribution in [0.25, 0.3) is 0 Å². The molecule has 34 heavy (non-hydrogen) atoms. The van der Waals surface area contributed by atoms with Gasteiger partial charge in [-0.2, -0.15) is 0 Å². The van der Waals surface area contributed by atoms with Crippen LogP contribution in [0.3, 0.4) is 0 Å². The number of nitrogens with one attached hydrogen (secondary N) is 1. The molecule has 1 saturated heterocycles. The van der Waals surface area contributed by atoms with E-state index in [-0.39, 0.29) is 23.3 Å². The third-order valence-corrected chi connectivity index (χ3v) is 5.77. The van der Waals surface area contributed by atoms with E-state index in [0.717, 1.165) is 17.7 Å². The Hall–Kier alpha value is -3.81. The monoisotopic (exact) mass is 468 g/mol. The molecule has 1 aliphatic rings. The first-order valence-corrected chi connectivity index (χ1v) is 10.9. The number of aryl methyl sites for hydroxylation is 1. The first-order valence-electron chi connectivity index (χ1n) is 10.9. The van der Waals surface area contributed by atoms with Gasteiger partial charge in [0.25, 0.3) is 11.8 Å². The Kier molecular flexibility index (Phi) is 6.86. The van der Waals surface area contributed by atoms with Gasteiger partial charge >= 0.3 is 0 Å². The summed E-state index contributed by atoms with van der Waals surface area (Å²) in [7, 11) is 0. The first kappa shape index (κ1) is 23.4. The van der Waals surface area contributed by atoms with Gasteiger partial charge in [-0.25, -0.2) is 13.2 Å². The number of nitrogens with zero attached hydrogens (tertiary/aromatic N) is 1. The molecule has 3 aromatic carbocycles. The van der Waals surface area contributed by atoms with Crippen LogP contribution in [0.2, 0.25) is 0 Å². The van der Waals surface area contributed by atoms with Crippen molar-refractivity contribution in [2.75, 3.05) is 18.4 Å². The topological polar surface area (TPSA) is 58.6 Å². The van der Waals surface area contributed by atoms with Gasteiger partial charge in [0.1, 0.15) is 17.7 Å². The first-order chi connectivity index (χ1) is 16.3. The number of hydrogen-bond donors (Lipinski definition) is 1. The van der Waals surface area contributed by atoms with E-state index in [0.29, 0.717) is 37.2 Å². The molecule has 0 atom stereocenters. The zero-order chi connectivity index (χ0) is 24.2. The van der Waals surface area contributed by atoms with Crippen molar-refractivity contribution in [3.63, 3.8) is 0 Å². The lowest BCUT2D eigenvalue weighted by atomic mass is 10.0. The molecule has 0 saturated carbocycles. The highest BCUT2D eigenvalue weighted by atomic mass is 19.1. The maximum atomic E-state index is 13.9. The van der Waals surface area contributed by atoms with Crippen LogP contribution in [-0.4, -0.2) is 35.9 Å². The van der Waals surface area contributed by atoms with Gasteiger partial charge in [-0.3, -0.25) is 9.59 Å². The normalized spacial score (nSPS) is 14.1. The number of ether oxygens (including phenoxy) is 1. The summed E-state index contributed by atoms with van der Waals surface area (Å²) >= 11 is 0. The maximum absolute atomic E-state index is 13.9. The van der Waals surface area contributed by atoms with E-state index in [1.165, 1.54) is 24.3 Å². The fourth-order valence-electron chi connectivity index (χ4n) is 3.83. The minimum absolute atomic E-state index is 0.0139. The quantitative estimate of drug-likeness (QED) is 0.549. The molecule has 2 amide bonds. The van der Waals surface area contributed by atoms with E-state index in [1.807, 2.05) is 0 Å². The highest BCUT2D eigenvalue weighted by molar-refractivity contribution is 6.05. The van der Waals surface area contributed by atoms with Crippen LogP contribution in [0, 0.1) is 24.4 Å². The summed E-state index contributed by atoms with van der Waals surface area (Å²) in [5, 5.41) is 2.68. The van der Waals surface area contributed by atoms with Crippen molar-refractivity contribution in [1.29, 1.82) is 0 Å². The molecular weight excluding hydrogens is 445 g/mol. The SMILES string of the molecule is Cc1ccc(C(=O)N2CCC(Oc3ccc(F)cc3F)CC2)cc1NC(=O)c1ccccc1F. The van der Waals surface area contributed by atoms with Gasteiger partial charge < -0.3 is 15.0 Å². The van der Waals surface area contributed by atoms with Gasteiger partial charge in [0.2, 0.25) is 0 Å². The second-order valence-corrected chi connectivity index (χ2v) is 8.15. The van der Waals surface area contributed by atoms with Crippen molar-refractivity contribution in [2.24, 2.45) is 0 Å². The Morgan fingerprint density at radius 1 is 0.941 bits per heavy atom. The summed E-state index contributed by atoms with van der Waals surface area (Å²) in [6.45, 7) is 2.58. The zero-order valence-corrected chi connectivity index (χ0v) is 18.5. The average molecular weight is 468 g/mol. The number of benzene rings is 3. The van der Waals surface area contributed by atoms with Crippen LogP contribution < -0.4 is 10.1 Å². The fraction of sp³-hybridized carbons (Fsp3) is 0.231. The highest BCUT2D eigenvalue weighted by Crippen LogP contribution is 2.25. The Morgan fingerprint density at radius 3 is 2.38 bits per heavy atom. The number of likely N-dealkylation sites (tertiary alicyclic amines) is 1. The molecule has 3 aromatic rings. The predicted molar refractivity (Wildman–Crippen MR) is 121 cm³/mol. The van der Waals surface area contributed by atoms with Gasteiger partial charge in [-0.05, 0) is 48.9 Å². The minimum atomic E-state index is -0.761. The van der Waals surface area contributed by atoms with Gasteiger partial charge in [0, 0.05) is 43.2 Å². The Labute approximate surface area is 195 Å². The van der Waals surface area contributed by atoms with E-state index in [1.54, 1.807) is 36.1 Å². The predicted octanol–water partition coefficient (Wildman–Crippen LogP) is 5.35. The summed E-state index contributed by atoms with van der Waals surface area (Å²) < 4.78 is 46.5. The van der Waals surface area contributed by atoms with Gasteiger partial charge in [-0.1, -0.05) is 18.2 Å². The lowest BCUT2D eigenvalue weighted by Crippen LogP contribution is -2.41. The van der Waals surface area contributed by atoms with E-state index in [9.17, 15) is 22.8 Å². The number of rotatable bonds is 5. The van der Waals surface area contributed by atoms with Crippen molar-refractivity contribution in [2.45, 2.75) is 25.9 Å². The molecule has 1 N–H and O–H groups in total. The summed E-state index contributed by atoms with van der Waals surface area (Å²) in [5.41, 5.74) is 1.45. The number of amides is 2. The number of halogens is 3. The molecule has 0 bridgehead atoms. The van der Waals surface area contributed by atoms with Crippen LogP contribution in [0.1, 0.15) is 39.1 Å². The zero-order valence-electron chi connectivity index (χ0n) is 18.5. The van der Waals surface area contributed by atoms with E-state index in [4.69, 9.17) is 4.74 Å². The molecule has 5 nitrogen and oxygen atoms in total. The smallest absolute Gasteiger partial charge is 0.258 e. The van der Waals surface area contributed by atoms with Crippen LogP contribution >= 0.6 is 0 Å². The summed E-state index contributed by atoms with van der Waals surface area (Å²) in [4.78, 5) is 27.2. The molecule has 1 aliphatic heterocycles. The van der Waals surface area contributed by atoms with Gasteiger partial charge in [0.15, 0.2) is 11.6 Å². The highest BCUT2D eigenvalue weighted by Gasteiger charge is 2.26. The van der Waals surface area contributed by atoms with E-state index in [2.05, 4.69) is 5.32 Å². The molecule has 1 heterocycles. The van der Waals surface area contributed by atoms with Crippen LogP contribution in [0.5, 0.6) is 5.75 Å². The molecule has 8 heteroatoms. The summed E-state index contributed by atoms with van der Waals surface area (Å²) in [6, 6.07) is 13.8. The number of carbonyl (C=O) groups is 2. The Bertz CT molecular complexity index is 1220. The van der Waals surface area contributed by atoms with Crippen molar-refractivity contribution in [1.82, 2.24) is 4.90 Å². The molecule has 0 spiro atoms. The number of carbonyl (C=O) groups excluding carboxylic acids is 2. The second kappa shape index (κ2) is 9.99. The number of anilines is 1. The van der Waals surface area contributed by atoms with Crippen molar-refractivity contribution in [3.05, 3.63) is 94.8 Å². The molecule has 176 valence electrons. The summed E-state index contributed by atoms with van der Waals surface area (Å²) in [6.07, 6.45) is 0.689. The standard InChI is InChI=1S/C26H23F3N2O3/c1-16-6-7-17(14-23(16)30-25(32)20-4-2-3-5-21(20)28)26(33)31-12-10-19(11-13-31)34-24-9-8-18(27)15-22(24)29/h2-9,14-15,19H,10-13H2,1H3,(H,30,32). The van der Waals surface area contributed by atoms with Crippen molar-refractivity contribution < 1.29 is 27.5 Å². The lowest BCUT2D eigenvalue weighted by Gasteiger charge is -2.32. The third kappa shape index (κ3) is 5.22. The average Bonchev–Trinajstić information content (AvgIpc) is 2.82. The van der Waals surface area contributed by atoms with Crippen LogP contribution in [0.15, 0.2) is 60.7 Å². The lowest BCUT2D eigenvalue weighted by molar-refractivity contribution is 0.0588. The molecule has 0 radical (unpaired) electrons. The summed E-state index contributed by atoms with van der Waals surface area (Å²) in [5.74, 6) is -2.89. The molecular formula is C26H23F3N2O3. The van der Waals surface area contributed by atoms with Gasteiger partial charge in [0.05, 0.1) is 5.56 Å². The van der Waals surface area contributed by atoms with Crippen molar-refractivity contribution >= 4 is 17.5 Å². The molecule has 1 fully saturated rings. The fourth-order valence-corrected chi connectivity index (χ4v) is 3.83. The molecule has 4 rings (SSSR count). The molecule has 0 aliphatic carbocycles. The maximum Gasteiger partial charge on any atom is 0.258 e. The Morgan fingerprint density at radius 2 is 1.68 bits per heavy atom. The third-order valence-electron chi connectivity index (χ3n) is 5.77. The second-order valence-electron chi connectivity index (χ2n) is 8.15. The number of hydrogen-bond acceptors (Lipinski definition) is 3. The van der Waals surface area contributed by atoms with Crippen LogP contribution in [-0.2, 0) is 0 Å². The molecule has 0 aromatic heterocycles. The van der Waals surface area contributed by atoms with E-state index < -0.39 is 23.4 Å². The van der Waals surface area contributed by atoms with Crippen LogP contribution in [0.4, 0.5) is 18.9 Å². The van der Waals surface area contributed by atoms with Crippen molar-refractivity contribution in [3.8, 4) is 5.75 Å². The molecule has 0 unspecified atom stereocenters. The van der Waals surface area contributed by atoms with Gasteiger partial charge in [-0.15, -0.1) is 0 Å². The minimum Gasteiger partial charge on any atom is -0.487 e. The Balaban J connectivity index is 1.40. The number of piperidine rings is 1.